The summed E-state index contributed by atoms with van der Waals surface area (Å²) in [6.45, 7) is 10.0. The van der Waals surface area contributed by atoms with Gasteiger partial charge in [0.25, 0.3) is 0 Å². The number of nitrogens with zero attached hydrogens (tertiary/aromatic N) is 1. The van der Waals surface area contributed by atoms with E-state index in [0.29, 0.717) is 6.54 Å². The first-order chi connectivity index (χ1) is 11.7. The first kappa shape index (κ1) is 23.9. The lowest BCUT2D eigenvalue weighted by Gasteiger charge is -2.16. The molecular formula is C18H30IN3O2S. The summed E-state index contributed by atoms with van der Waals surface area (Å²) >= 11 is 1.84. The van der Waals surface area contributed by atoms with Crippen LogP contribution in [-0.2, 0) is 0 Å². The third kappa shape index (κ3) is 10.5. The molecule has 5 nitrogen and oxygen atoms in total. The number of guanidine groups is 1. The maximum Gasteiger partial charge on any atom is 0.191 e. The van der Waals surface area contributed by atoms with Crippen molar-refractivity contribution in [1.29, 1.82) is 0 Å². The Balaban J connectivity index is 0.00000576. The van der Waals surface area contributed by atoms with Crippen molar-refractivity contribution in [2.75, 3.05) is 38.2 Å². The van der Waals surface area contributed by atoms with E-state index in [1.54, 1.807) is 7.11 Å². The molecule has 1 rings (SSSR count). The molecule has 0 radical (unpaired) electrons. The smallest absolute Gasteiger partial charge is 0.191 e. The van der Waals surface area contributed by atoms with Gasteiger partial charge in [0.05, 0.1) is 13.7 Å². The maximum atomic E-state index is 5.92. The van der Waals surface area contributed by atoms with Gasteiger partial charge in [-0.25, -0.2) is 4.99 Å². The highest BCUT2D eigenvalue weighted by Crippen LogP contribution is 2.26. The van der Waals surface area contributed by atoms with E-state index in [1.165, 1.54) is 0 Å². The summed E-state index contributed by atoms with van der Waals surface area (Å²) in [5, 5.41) is 6.57. The van der Waals surface area contributed by atoms with Gasteiger partial charge in [-0.3, -0.25) is 0 Å². The quantitative estimate of drug-likeness (QED) is 0.167. The highest BCUT2D eigenvalue weighted by molar-refractivity contribution is 14.0. The molecule has 0 aliphatic rings. The second-order valence-electron chi connectivity index (χ2n) is 5.09. The van der Waals surface area contributed by atoms with Crippen LogP contribution in [0.1, 0.15) is 13.8 Å². The van der Waals surface area contributed by atoms with Crippen molar-refractivity contribution in [1.82, 2.24) is 10.6 Å². The summed E-state index contributed by atoms with van der Waals surface area (Å²) in [6, 6.07) is 7.64. The lowest BCUT2D eigenvalue weighted by molar-refractivity contribution is 0.219. The third-order valence-electron chi connectivity index (χ3n) is 3.02. The molecule has 1 aromatic carbocycles. The molecule has 0 bridgehead atoms. The molecule has 0 aliphatic carbocycles. The number of para-hydroxylation sites is 2. The lowest BCUT2D eigenvalue weighted by Crippen LogP contribution is -2.39. The second-order valence-corrected chi connectivity index (χ2v) is 6.24. The number of aliphatic imine (C=N–C) groups is 1. The summed E-state index contributed by atoms with van der Waals surface area (Å²) in [6.07, 6.45) is 1.87. The molecule has 0 aromatic heterocycles. The highest BCUT2D eigenvalue weighted by Gasteiger charge is 2.08. The molecule has 25 heavy (non-hydrogen) atoms. The number of hydrogen-bond acceptors (Lipinski definition) is 4. The van der Waals surface area contributed by atoms with Crippen molar-refractivity contribution in [3.63, 3.8) is 0 Å². The van der Waals surface area contributed by atoms with E-state index < -0.39 is 0 Å². The van der Waals surface area contributed by atoms with E-state index in [1.807, 2.05) is 49.0 Å². The van der Waals surface area contributed by atoms with E-state index in [9.17, 15) is 0 Å². The molecule has 0 saturated carbocycles. The SMILES string of the molecule is C=CCSCCNC(=NCC(C)Oc1ccccc1OC)NCC.I. The largest absolute Gasteiger partial charge is 0.493 e. The minimum absolute atomic E-state index is 0. The molecule has 0 fully saturated rings. The van der Waals surface area contributed by atoms with Gasteiger partial charge in [-0.05, 0) is 26.0 Å². The molecule has 142 valence electrons. The van der Waals surface area contributed by atoms with Crippen LogP contribution >= 0.6 is 35.7 Å². The minimum atomic E-state index is -0.0492. The van der Waals surface area contributed by atoms with Gasteiger partial charge >= 0.3 is 0 Å². The number of nitrogens with one attached hydrogen (secondary N) is 2. The highest BCUT2D eigenvalue weighted by atomic mass is 127. The van der Waals surface area contributed by atoms with Gasteiger partial charge in [-0.15, -0.1) is 30.6 Å². The Hall–Kier alpha value is -1.09. The zero-order valence-electron chi connectivity index (χ0n) is 15.3. The first-order valence-corrected chi connectivity index (χ1v) is 9.37. The summed E-state index contributed by atoms with van der Waals surface area (Å²) in [7, 11) is 1.64. The van der Waals surface area contributed by atoms with Crippen molar-refractivity contribution < 1.29 is 9.47 Å². The maximum absolute atomic E-state index is 5.92. The van der Waals surface area contributed by atoms with E-state index in [2.05, 4.69) is 29.1 Å². The van der Waals surface area contributed by atoms with Crippen LogP contribution in [0.2, 0.25) is 0 Å². The standard InChI is InChI=1S/C18H29N3O2S.HI/c1-5-12-24-13-11-20-18(19-6-2)21-14-15(3)23-17-10-8-7-9-16(17)22-4;/h5,7-10,15H,1,6,11-14H2,2-4H3,(H2,19,20,21);1H. The summed E-state index contributed by atoms with van der Waals surface area (Å²) in [5.41, 5.74) is 0. The average molecular weight is 479 g/mol. The van der Waals surface area contributed by atoms with Crippen molar-refractivity contribution in [2.24, 2.45) is 4.99 Å². The van der Waals surface area contributed by atoms with Gasteiger partial charge in [0.1, 0.15) is 6.10 Å². The van der Waals surface area contributed by atoms with E-state index in [4.69, 9.17) is 9.47 Å². The number of hydrogen-bond donors (Lipinski definition) is 2. The number of halogens is 1. The van der Waals surface area contributed by atoms with Crippen LogP contribution in [-0.4, -0.2) is 50.3 Å². The normalized spacial score (nSPS) is 11.9. The van der Waals surface area contributed by atoms with E-state index in [-0.39, 0.29) is 30.1 Å². The van der Waals surface area contributed by atoms with Gasteiger partial charge in [-0.1, -0.05) is 18.2 Å². The number of thioether (sulfide) groups is 1. The Morgan fingerprint density at radius 2 is 2.04 bits per heavy atom. The molecule has 0 saturated heterocycles. The van der Waals surface area contributed by atoms with Gasteiger partial charge < -0.3 is 20.1 Å². The Kier molecular flexibility index (Phi) is 14.5. The molecule has 7 heteroatoms. The Bertz CT molecular complexity index is 515. The number of methoxy groups -OCH3 is 1. The summed E-state index contributed by atoms with van der Waals surface area (Å²) < 4.78 is 11.2. The van der Waals surface area contributed by atoms with Crippen LogP contribution in [0.4, 0.5) is 0 Å². The predicted molar refractivity (Wildman–Crippen MR) is 120 cm³/mol. The topological polar surface area (TPSA) is 54.9 Å². The van der Waals surface area contributed by atoms with Crippen molar-refractivity contribution in [3.8, 4) is 11.5 Å². The monoisotopic (exact) mass is 479 g/mol. The third-order valence-corrected chi connectivity index (χ3v) is 3.99. The van der Waals surface area contributed by atoms with Gasteiger partial charge in [-0.2, -0.15) is 11.8 Å². The molecule has 1 aromatic rings. The summed E-state index contributed by atoms with van der Waals surface area (Å²) in [5.74, 6) is 4.27. The van der Waals surface area contributed by atoms with Crippen LogP contribution < -0.4 is 20.1 Å². The van der Waals surface area contributed by atoms with Crippen LogP contribution in [0.15, 0.2) is 41.9 Å². The Morgan fingerprint density at radius 3 is 2.68 bits per heavy atom. The fraction of sp³-hybridized carbons (Fsp3) is 0.500. The second kappa shape index (κ2) is 15.2. The fourth-order valence-corrected chi connectivity index (χ4v) is 2.52. The van der Waals surface area contributed by atoms with Crippen molar-refractivity contribution in [2.45, 2.75) is 20.0 Å². The molecule has 1 unspecified atom stereocenters. The minimum Gasteiger partial charge on any atom is -0.493 e. The molecule has 0 aliphatic heterocycles. The van der Waals surface area contributed by atoms with Gasteiger partial charge in [0, 0.05) is 24.6 Å². The zero-order chi connectivity index (χ0) is 17.6. The lowest BCUT2D eigenvalue weighted by atomic mass is 10.3. The molecular weight excluding hydrogens is 449 g/mol. The van der Waals surface area contributed by atoms with Gasteiger partial charge in [0.15, 0.2) is 17.5 Å². The number of benzene rings is 1. The Morgan fingerprint density at radius 1 is 1.32 bits per heavy atom. The van der Waals surface area contributed by atoms with E-state index in [0.717, 1.165) is 42.1 Å². The molecule has 0 heterocycles. The van der Waals surface area contributed by atoms with Crippen LogP contribution in [0.3, 0.4) is 0 Å². The predicted octanol–water partition coefficient (Wildman–Crippen LogP) is 3.55. The fourth-order valence-electron chi connectivity index (χ4n) is 1.94. The van der Waals surface area contributed by atoms with Crippen LogP contribution in [0.5, 0.6) is 11.5 Å². The molecule has 2 N–H and O–H groups in total. The van der Waals surface area contributed by atoms with E-state index >= 15 is 0 Å². The summed E-state index contributed by atoms with van der Waals surface area (Å²) in [4.78, 5) is 4.58. The van der Waals surface area contributed by atoms with Crippen LogP contribution in [0.25, 0.3) is 0 Å². The van der Waals surface area contributed by atoms with Crippen molar-refractivity contribution >= 4 is 41.7 Å². The average Bonchev–Trinajstić information content (AvgIpc) is 2.60. The van der Waals surface area contributed by atoms with Gasteiger partial charge in [0.2, 0.25) is 0 Å². The first-order valence-electron chi connectivity index (χ1n) is 8.21. The van der Waals surface area contributed by atoms with Crippen LogP contribution in [0, 0.1) is 0 Å². The zero-order valence-corrected chi connectivity index (χ0v) is 18.4. The number of ether oxygens (including phenoxy) is 2. The van der Waals surface area contributed by atoms with Crippen molar-refractivity contribution in [3.05, 3.63) is 36.9 Å². The Labute approximate surface area is 173 Å². The molecule has 0 spiro atoms. The molecule has 1 atom stereocenters. The number of rotatable bonds is 11. The molecule has 0 amide bonds.